The van der Waals surface area contributed by atoms with Gasteiger partial charge in [-0.15, -0.1) is 0 Å². The second kappa shape index (κ2) is 40.8. The predicted molar refractivity (Wildman–Crippen MR) is 216 cm³/mol. The van der Waals surface area contributed by atoms with Gasteiger partial charge >= 0.3 is 0 Å². The highest BCUT2D eigenvalue weighted by molar-refractivity contribution is 5.76. The summed E-state index contributed by atoms with van der Waals surface area (Å²) in [6.45, 7) is 4.14. The Bertz CT molecular complexity index is 786. The van der Waals surface area contributed by atoms with Crippen molar-refractivity contribution in [3.8, 4) is 0 Å². The maximum atomic E-state index is 12.2. The van der Waals surface area contributed by atoms with Crippen LogP contribution in [-0.4, -0.2) is 34.9 Å². The van der Waals surface area contributed by atoms with E-state index in [0.717, 1.165) is 57.8 Å². The minimum absolute atomic E-state index is 0.0398. The summed E-state index contributed by atoms with van der Waals surface area (Å²) in [5.41, 5.74) is 0. The lowest BCUT2D eigenvalue weighted by molar-refractivity contribution is -0.123. The Kier molecular flexibility index (Phi) is 39.4. The number of amides is 1. The lowest BCUT2D eigenvalue weighted by Gasteiger charge is -2.22. The van der Waals surface area contributed by atoms with Crippen LogP contribution < -0.4 is 5.32 Å². The van der Waals surface area contributed by atoms with Gasteiger partial charge in [0.05, 0.1) is 18.8 Å². The van der Waals surface area contributed by atoms with Crippen LogP contribution in [0, 0.1) is 0 Å². The van der Waals surface area contributed by atoms with Gasteiger partial charge in [-0.1, -0.05) is 204 Å². The van der Waals surface area contributed by atoms with Gasteiger partial charge in [-0.2, -0.15) is 0 Å². The maximum absolute atomic E-state index is 12.2. The Hall–Kier alpha value is -1.65. The lowest BCUT2D eigenvalue weighted by atomic mass is 10.0. The summed E-state index contributed by atoms with van der Waals surface area (Å²) in [5.74, 6) is -0.0398. The molecular formula is C45H83NO3. The van der Waals surface area contributed by atoms with Crippen molar-refractivity contribution in [2.24, 2.45) is 0 Å². The van der Waals surface area contributed by atoms with E-state index in [-0.39, 0.29) is 12.5 Å². The predicted octanol–water partition coefficient (Wildman–Crippen LogP) is 13.2. The molecule has 0 aliphatic heterocycles. The summed E-state index contributed by atoms with van der Waals surface area (Å²) in [6.07, 6.45) is 55.4. The molecule has 4 heteroatoms. The monoisotopic (exact) mass is 686 g/mol. The highest BCUT2D eigenvalue weighted by atomic mass is 16.3. The molecule has 2 unspecified atom stereocenters. The van der Waals surface area contributed by atoms with E-state index in [1.54, 1.807) is 0 Å². The lowest BCUT2D eigenvalue weighted by Crippen LogP contribution is -2.45. The highest BCUT2D eigenvalue weighted by Gasteiger charge is 2.19. The Morgan fingerprint density at radius 3 is 1.33 bits per heavy atom. The van der Waals surface area contributed by atoms with Crippen LogP contribution in [-0.2, 0) is 4.79 Å². The second-order valence-electron chi connectivity index (χ2n) is 14.4. The molecule has 0 fully saturated rings. The van der Waals surface area contributed by atoms with E-state index in [1.807, 2.05) is 0 Å². The first-order valence-corrected chi connectivity index (χ1v) is 21.3. The van der Waals surface area contributed by atoms with Crippen molar-refractivity contribution in [3.05, 3.63) is 48.6 Å². The van der Waals surface area contributed by atoms with Gasteiger partial charge in [0.1, 0.15) is 0 Å². The van der Waals surface area contributed by atoms with Crippen LogP contribution in [0.5, 0.6) is 0 Å². The number of nitrogens with one attached hydrogen (secondary N) is 1. The zero-order valence-electron chi connectivity index (χ0n) is 32.7. The molecule has 0 aromatic rings. The van der Waals surface area contributed by atoms with Gasteiger partial charge in [-0.25, -0.2) is 0 Å². The molecule has 0 spiro atoms. The molecule has 0 saturated heterocycles. The number of aliphatic hydroxyl groups is 2. The molecule has 0 bridgehead atoms. The van der Waals surface area contributed by atoms with Crippen LogP contribution in [0.4, 0.5) is 0 Å². The van der Waals surface area contributed by atoms with E-state index >= 15 is 0 Å². The van der Waals surface area contributed by atoms with E-state index in [9.17, 15) is 15.0 Å². The van der Waals surface area contributed by atoms with Crippen LogP contribution in [0.15, 0.2) is 48.6 Å². The highest BCUT2D eigenvalue weighted by Crippen LogP contribution is 2.16. The summed E-state index contributed by atoms with van der Waals surface area (Å²) >= 11 is 0. The van der Waals surface area contributed by atoms with Crippen LogP contribution in [0.3, 0.4) is 0 Å². The molecule has 0 aliphatic rings. The van der Waals surface area contributed by atoms with Gasteiger partial charge in [-0.05, 0) is 51.4 Å². The molecule has 0 rings (SSSR count). The average Bonchev–Trinajstić information content (AvgIpc) is 3.11. The minimum atomic E-state index is -0.653. The number of unbranched alkanes of at least 4 members (excludes halogenated alkanes) is 23. The zero-order valence-corrected chi connectivity index (χ0v) is 32.7. The van der Waals surface area contributed by atoms with Gasteiger partial charge in [0.2, 0.25) is 5.91 Å². The third kappa shape index (κ3) is 37.4. The van der Waals surface area contributed by atoms with Crippen molar-refractivity contribution in [1.29, 1.82) is 0 Å². The van der Waals surface area contributed by atoms with Crippen LogP contribution >= 0.6 is 0 Å². The second-order valence-corrected chi connectivity index (χ2v) is 14.4. The first kappa shape index (κ1) is 47.4. The molecule has 0 radical (unpaired) electrons. The molecule has 3 N–H and O–H groups in total. The largest absolute Gasteiger partial charge is 0.394 e. The molecule has 4 nitrogen and oxygen atoms in total. The number of allylic oxidation sites excluding steroid dienone is 8. The van der Waals surface area contributed by atoms with Gasteiger partial charge in [-0.3, -0.25) is 4.79 Å². The summed E-state index contributed by atoms with van der Waals surface area (Å²) in [6, 6.07) is -0.530. The van der Waals surface area contributed by atoms with E-state index in [1.165, 1.54) is 128 Å². The fraction of sp³-hybridized carbons (Fsp3) is 0.800. The molecule has 1 amide bonds. The first-order valence-electron chi connectivity index (χ1n) is 21.3. The Morgan fingerprint density at radius 1 is 0.510 bits per heavy atom. The van der Waals surface area contributed by atoms with E-state index in [4.69, 9.17) is 0 Å². The molecule has 0 saturated carbocycles. The van der Waals surface area contributed by atoms with Crippen molar-refractivity contribution < 1.29 is 15.0 Å². The summed E-state index contributed by atoms with van der Waals surface area (Å²) < 4.78 is 0. The van der Waals surface area contributed by atoms with Crippen LogP contribution in [0.1, 0.15) is 213 Å². The number of hydrogen-bond donors (Lipinski definition) is 3. The Labute approximate surface area is 305 Å². The minimum Gasteiger partial charge on any atom is -0.394 e. The SMILES string of the molecule is CC/C=C\C/C=C\C/C=C\C/C=C\CCCCCCCCCCCCCCCCCCCCCCC(=O)NC(CO)C(O)CCCCCC. The topological polar surface area (TPSA) is 69.6 Å². The smallest absolute Gasteiger partial charge is 0.220 e. The van der Waals surface area contributed by atoms with E-state index < -0.39 is 12.1 Å². The van der Waals surface area contributed by atoms with Crippen molar-refractivity contribution in [1.82, 2.24) is 5.32 Å². The van der Waals surface area contributed by atoms with E-state index in [2.05, 4.69) is 67.8 Å². The van der Waals surface area contributed by atoms with Gasteiger partial charge in [0.25, 0.3) is 0 Å². The quantitative estimate of drug-likeness (QED) is 0.0447. The number of carbonyl (C=O) groups is 1. The summed E-state index contributed by atoms with van der Waals surface area (Å²) in [4.78, 5) is 12.2. The number of hydrogen-bond acceptors (Lipinski definition) is 3. The van der Waals surface area contributed by atoms with Crippen molar-refractivity contribution in [2.75, 3.05) is 6.61 Å². The molecular weight excluding hydrogens is 602 g/mol. The summed E-state index contributed by atoms with van der Waals surface area (Å²) in [7, 11) is 0. The van der Waals surface area contributed by atoms with Gasteiger partial charge in [0, 0.05) is 6.42 Å². The molecule has 0 aromatic carbocycles. The number of aliphatic hydroxyl groups excluding tert-OH is 2. The first-order chi connectivity index (χ1) is 24.2. The normalized spacial score (nSPS) is 13.5. The van der Waals surface area contributed by atoms with Crippen LogP contribution in [0.2, 0.25) is 0 Å². The molecule has 49 heavy (non-hydrogen) atoms. The third-order valence-corrected chi connectivity index (χ3v) is 9.60. The molecule has 0 aliphatic carbocycles. The molecule has 2 atom stereocenters. The average molecular weight is 686 g/mol. The third-order valence-electron chi connectivity index (χ3n) is 9.60. The van der Waals surface area contributed by atoms with Crippen LogP contribution in [0.25, 0.3) is 0 Å². The zero-order chi connectivity index (χ0) is 35.7. The standard InChI is InChI=1S/C45H83NO3/c1-3-5-7-9-10-11-12-13-14-15-16-17-18-19-20-21-22-23-24-25-26-27-28-29-30-31-32-33-34-35-36-37-39-41-45(49)46-43(42-47)44(48)40-38-8-6-4-2/h5,7,10-11,13-14,16-17,43-44,47-48H,3-4,6,8-9,12,15,18-42H2,1-2H3,(H,46,49)/b7-5-,11-10-,14-13-,17-16-. The summed E-state index contributed by atoms with van der Waals surface area (Å²) in [5, 5.41) is 22.7. The van der Waals surface area contributed by atoms with Crippen molar-refractivity contribution in [3.63, 3.8) is 0 Å². The van der Waals surface area contributed by atoms with Crippen molar-refractivity contribution in [2.45, 2.75) is 225 Å². The number of carbonyl (C=O) groups excluding carboxylic acids is 1. The fourth-order valence-corrected chi connectivity index (χ4v) is 6.35. The van der Waals surface area contributed by atoms with E-state index in [0.29, 0.717) is 12.8 Å². The fourth-order valence-electron chi connectivity index (χ4n) is 6.35. The maximum Gasteiger partial charge on any atom is 0.220 e. The van der Waals surface area contributed by atoms with Gasteiger partial charge in [0.15, 0.2) is 0 Å². The molecule has 0 aromatic heterocycles. The van der Waals surface area contributed by atoms with Gasteiger partial charge < -0.3 is 15.5 Å². The molecule has 0 heterocycles. The van der Waals surface area contributed by atoms with Crippen molar-refractivity contribution >= 4 is 5.91 Å². The molecule has 286 valence electrons. The Morgan fingerprint density at radius 2 is 0.898 bits per heavy atom. The number of rotatable bonds is 38. The Balaban J connectivity index is 3.34.